The first kappa shape index (κ1) is 10.2. The van der Waals surface area contributed by atoms with Crippen LogP contribution >= 0.6 is 0 Å². The third-order valence-electron chi connectivity index (χ3n) is 2.25. The standard InChI is InChI=1S/C9H15NO3/c1-2-3-8(12)10-5-4-9(13,6-10)7-11/h2-3,11,13H,4-7H2,1H3/b3-2+. The van der Waals surface area contributed by atoms with Crippen molar-refractivity contribution in [3.63, 3.8) is 0 Å². The summed E-state index contributed by atoms with van der Waals surface area (Å²) in [6.45, 7) is 2.23. The summed E-state index contributed by atoms with van der Waals surface area (Å²) in [5.41, 5.74) is -1.09. The van der Waals surface area contributed by atoms with Gasteiger partial charge in [-0.1, -0.05) is 6.08 Å². The molecular weight excluding hydrogens is 170 g/mol. The van der Waals surface area contributed by atoms with Crippen LogP contribution in [0, 0.1) is 0 Å². The van der Waals surface area contributed by atoms with E-state index in [1.54, 1.807) is 13.0 Å². The predicted octanol–water partition coefficient (Wildman–Crippen LogP) is -0.482. The van der Waals surface area contributed by atoms with Crippen LogP contribution in [-0.2, 0) is 4.79 Å². The van der Waals surface area contributed by atoms with Crippen molar-refractivity contribution in [3.8, 4) is 0 Å². The summed E-state index contributed by atoms with van der Waals surface area (Å²) in [6, 6.07) is 0. The van der Waals surface area contributed by atoms with Gasteiger partial charge in [0.15, 0.2) is 0 Å². The first-order valence-corrected chi connectivity index (χ1v) is 4.36. The summed E-state index contributed by atoms with van der Waals surface area (Å²) in [7, 11) is 0. The van der Waals surface area contributed by atoms with E-state index in [0.29, 0.717) is 13.0 Å². The van der Waals surface area contributed by atoms with Gasteiger partial charge < -0.3 is 15.1 Å². The van der Waals surface area contributed by atoms with Crippen LogP contribution in [0.4, 0.5) is 0 Å². The van der Waals surface area contributed by atoms with E-state index < -0.39 is 5.60 Å². The lowest BCUT2D eigenvalue weighted by Gasteiger charge is -2.19. The van der Waals surface area contributed by atoms with E-state index in [1.807, 2.05) is 0 Å². The van der Waals surface area contributed by atoms with Crippen LogP contribution in [0.25, 0.3) is 0 Å². The topological polar surface area (TPSA) is 60.8 Å². The second-order valence-electron chi connectivity index (χ2n) is 3.39. The zero-order valence-corrected chi connectivity index (χ0v) is 7.73. The average Bonchev–Trinajstić information content (AvgIpc) is 2.50. The van der Waals surface area contributed by atoms with Gasteiger partial charge in [-0.15, -0.1) is 0 Å². The van der Waals surface area contributed by atoms with Crippen LogP contribution in [0.3, 0.4) is 0 Å². The molecule has 0 bridgehead atoms. The summed E-state index contributed by atoms with van der Waals surface area (Å²) in [6.07, 6.45) is 3.58. The second kappa shape index (κ2) is 3.89. The molecule has 1 amide bonds. The van der Waals surface area contributed by atoms with Crippen molar-refractivity contribution in [2.45, 2.75) is 18.9 Å². The summed E-state index contributed by atoms with van der Waals surface area (Å²) >= 11 is 0. The second-order valence-corrected chi connectivity index (χ2v) is 3.39. The zero-order chi connectivity index (χ0) is 9.90. The molecule has 1 aliphatic rings. The molecule has 1 rings (SSSR count). The summed E-state index contributed by atoms with van der Waals surface area (Å²) in [5.74, 6) is -0.105. The maximum atomic E-state index is 11.3. The number of amides is 1. The minimum atomic E-state index is -1.09. The smallest absolute Gasteiger partial charge is 0.246 e. The van der Waals surface area contributed by atoms with E-state index >= 15 is 0 Å². The van der Waals surface area contributed by atoms with Gasteiger partial charge in [0.05, 0.1) is 13.2 Å². The lowest BCUT2D eigenvalue weighted by atomic mass is 10.1. The van der Waals surface area contributed by atoms with Gasteiger partial charge >= 0.3 is 0 Å². The SMILES string of the molecule is C/C=C/C(=O)N1CCC(O)(CO)C1. The lowest BCUT2D eigenvalue weighted by molar-refractivity contribution is -0.126. The Labute approximate surface area is 77.5 Å². The van der Waals surface area contributed by atoms with Crippen molar-refractivity contribution in [2.24, 2.45) is 0 Å². The highest BCUT2D eigenvalue weighted by molar-refractivity contribution is 5.87. The van der Waals surface area contributed by atoms with Gasteiger partial charge in [0.1, 0.15) is 5.60 Å². The van der Waals surface area contributed by atoms with Crippen molar-refractivity contribution in [2.75, 3.05) is 19.7 Å². The van der Waals surface area contributed by atoms with Crippen molar-refractivity contribution in [3.05, 3.63) is 12.2 Å². The zero-order valence-electron chi connectivity index (χ0n) is 7.73. The number of aliphatic hydroxyl groups excluding tert-OH is 1. The Morgan fingerprint density at radius 2 is 2.38 bits per heavy atom. The molecule has 0 aromatic heterocycles. The Morgan fingerprint density at radius 3 is 2.85 bits per heavy atom. The van der Waals surface area contributed by atoms with Crippen molar-refractivity contribution < 1.29 is 15.0 Å². The Kier molecular flexibility index (Phi) is 3.06. The summed E-state index contributed by atoms with van der Waals surface area (Å²) in [4.78, 5) is 12.8. The van der Waals surface area contributed by atoms with Crippen LogP contribution < -0.4 is 0 Å². The number of carbonyl (C=O) groups is 1. The molecule has 0 aromatic rings. The molecular formula is C9H15NO3. The average molecular weight is 185 g/mol. The van der Waals surface area contributed by atoms with Gasteiger partial charge in [-0.05, 0) is 19.4 Å². The summed E-state index contributed by atoms with van der Waals surface area (Å²) in [5, 5.41) is 18.5. The van der Waals surface area contributed by atoms with E-state index in [0.717, 1.165) is 0 Å². The van der Waals surface area contributed by atoms with E-state index in [1.165, 1.54) is 11.0 Å². The maximum absolute atomic E-state index is 11.3. The molecule has 1 heterocycles. The molecule has 1 fully saturated rings. The number of carbonyl (C=O) groups excluding carboxylic acids is 1. The third-order valence-corrected chi connectivity index (χ3v) is 2.25. The monoisotopic (exact) mass is 185 g/mol. The quantitative estimate of drug-likeness (QED) is 0.571. The van der Waals surface area contributed by atoms with E-state index in [9.17, 15) is 9.90 Å². The molecule has 0 spiro atoms. The van der Waals surface area contributed by atoms with Gasteiger partial charge in [-0.2, -0.15) is 0 Å². The molecule has 0 saturated carbocycles. The molecule has 4 nitrogen and oxygen atoms in total. The normalized spacial score (nSPS) is 28.7. The van der Waals surface area contributed by atoms with Crippen LogP contribution in [0.5, 0.6) is 0 Å². The number of hydrogen-bond acceptors (Lipinski definition) is 3. The van der Waals surface area contributed by atoms with E-state index in [4.69, 9.17) is 5.11 Å². The first-order valence-electron chi connectivity index (χ1n) is 4.36. The number of allylic oxidation sites excluding steroid dienone is 1. The largest absolute Gasteiger partial charge is 0.393 e. The van der Waals surface area contributed by atoms with E-state index in [-0.39, 0.29) is 19.1 Å². The van der Waals surface area contributed by atoms with Gasteiger partial charge in [-0.3, -0.25) is 4.79 Å². The number of β-amino-alcohol motifs (C(OH)–C–C–N with tert-alkyl or cyclic N) is 1. The Hall–Kier alpha value is -0.870. The number of hydrogen-bond donors (Lipinski definition) is 2. The summed E-state index contributed by atoms with van der Waals surface area (Å²) < 4.78 is 0. The fraction of sp³-hybridized carbons (Fsp3) is 0.667. The molecule has 1 saturated heterocycles. The molecule has 0 radical (unpaired) electrons. The van der Waals surface area contributed by atoms with Crippen molar-refractivity contribution in [1.82, 2.24) is 4.90 Å². The molecule has 74 valence electrons. The highest BCUT2D eigenvalue weighted by Gasteiger charge is 2.36. The van der Waals surface area contributed by atoms with Crippen LogP contribution in [0.1, 0.15) is 13.3 Å². The van der Waals surface area contributed by atoms with Crippen LogP contribution in [-0.4, -0.2) is 46.3 Å². The van der Waals surface area contributed by atoms with Gasteiger partial charge in [0.25, 0.3) is 0 Å². The molecule has 0 aliphatic carbocycles. The van der Waals surface area contributed by atoms with Crippen LogP contribution in [0.15, 0.2) is 12.2 Å². The predicted molar refractivity (Wildman–Crippen MR) is 48.0 cm³/mol. The molecule has 1 atom stereocenters. The minimum Gasteiger partial charge on any atom is -0.393 e. The fourth-order valence-corrected chi connectivity index (χ4v) is 1.42. The van der Waals surface area contributed by atoms with Crippen LogP contribution in [0.2, 0.25) is 0 Å². The molecule has 4 heteroatoms. The molecule has 2 N–H and O–H groups in total. The van der Waals surface area contributed by atoms with Gasteiger partial charge in [-0.25, -0.2) is 0 Å². The van der Waals surface area contributed by atoms with Gasteiger partial charge in [0.2, 0.25) is 5.91 Å². The third kappa shape index (κ3) is 2.29. The Morgan fingerprint density at radius 1 is 1.69 bits per heavy atom. The molecule has 0 aromatic carbocycles. The molecule has 1 unspecified atom stereocenters. The van der Waals surface area contributed by atoms with Crippen molar-refractivity contribution >= 4 is 5.91 Å². The Balaban J connectivity index is 2.54. The van der Waals surface area contributed by atoms with Gasteiger partial charge in [0, 0.05) is 6.54 Å². The molecule has 13 heavy (non-hydrogen) atoms. The Bertz CT molecular complexity index is 227. The maximum Gasteiger partial charge on any atom is 0.246 e. The molecule has 1 aliphatic heterocycles. The minimum absolute atomic E-state index is 0.105. The highest BCUT2D eigenvalue weighted by Crippen LogP contribution is 2.20. The van der Waals surface area contributed by atoms with Crippen molar-refractivity contribution in [1.29, 1.82) is 0 Å². The first-order chi connectivity index (χ1) is 6.11. The number of rotatable bonds is 2. The number of nitrogens with zero attached hydrogens (tertiary/aromatic N) is 1. The van der Waals surface area contributed by atoms with E-state index in [2.05, 4.69) is 0 Å². The number of aliphatic hydroxyl groups is 2. The lowest BCUT2D eigenvalue weighted by Crippen LogP contribution is -2.38. The highest BCUT2D eigenvalue weighted by atomic mass is 16.3. The fourth-order valence-electron chi connectivity index (χ4n) is 1.42. The number of likely N-dealkylation sites (tertiary alicyclic amines) is 1.